The first-order chi connectivity index (χ1) is 9.00. The SMILES string of the molecule is CCCNC1CCC(OC2CS(=O)(=O)CC2O)CC1. The van der Waals surface area contributed by atoms with Crippen molar-refractivity contribution in [2.45, 2.75) is 63.4 Å². The summed E-state index contributed by atoms with van der Waals surface area (Å²) in [6.07, 6.45) is 3.92. The molecule has 0 radical (unpaired) electrons. The van der Waals surface area contributed by atoms with Gasteiger partial charge in [-0.15, -0.1) is 0 Å². The molecule has 2 rings (SSSR count). The maximum atomic E-state index is 11.4. The molecule has 0 aromatic rings. The zero-order valence-corrected chi connectivity index (χ0v) is 12.4. The van der Waals surface area contributed by atoms with Gasteiger partial charge in [0.1, 0.15) is 0 Å². The van der Waals surface area contributed by atoms with Gasteiger partial charge in [0.2, 0.25) is 0 Å². The average molecular weight is 291 g/mol. The number of aliphatic hydroxyl groups is 1. The van der Waals surface area contributed by atoms with E-state index in [2.05, 4.69) is 12.2 Å². The lowest BCUT2D eigenvalue weighted by atomic mass is 9.92. The van der Waals surface area contributed by atoms with Crippen LogP contribution in [0.15, 0.2) is 0 Å². The third-order valence-electron chi connectivity index (χ3n) is 4.00. The molecule has 5 nitrogen and oxygen atoms in total. The molecular weight excluding hydrogens is 266 g/mol. The molecule has 1 aliphatic heterocycles. The summed E-state index contributed by atoms with van der Waals surface area (Å²) in [5.74, 6) is -0.173. The van der Waals surface area contributed by atoms with E-state index >= 15 is 0 Å². The minimum atomic E-state index is -3.11. The maximum Gasteiger partial charge on any atom is 0.155 e. The standard InChI is InChI=1S/C13H25NO4S/c1-2-7-14-10-3-5-11(6-4-10)18-13-9-19(16,17)8-12(13)15/h10-15H,2-9H2,1H3. The van der Waals surface area contributed by atoms with Crippen LogP contribution in [0.4, 0.5) is 0 Å². The number of ether oxygens (including phenoxy) is 1. The van der Waals surface area contributed by atoms with Crippen molar-refractivity contribution < 1.29 is 18.3 Å². The molecule has 6 heteroatoms. The fraction of sp³-hybridized carbons (Fsp3) is 1.00. The Balaban J connectivity index is 1.74. The van der Waals surface area contributed by atoms with Crippen LogP contribution >= 0.6 is 0 Å². The van der Waals surface area contributed by atoms with Gasteiger partial charge < -0.3 is 15.2 Å². The summed E-state index contributed by atoms with van der Waals surface area (Å²) in [4.78, 5) is 0. The summed E-state index contributed by atoms with van der Waals surface area (Å²) in [5.41, 5.74) is 0. The Morgan fingerprint density at radius 1 is 1.21 bits per heavy atom. The molecule has 1 heterocycles. The van der Waals surface area contributed by atoms with Crippen LogP contribution in [0, 0.1) is 0 Å². The van der Waals surface area contributed by atoms with Crippen LogP contribution in [0.2, 0.25) is 0 Å². The summed E-state index contributed by atoms with van der Waals surface area (Å²) in [6, 6.07) is 0.567. The normalized spacial score (nSPS) is 38.4. The lowest BCUT2D eigenvalue weighted by Crippen LogP contribution is -2.38. The van der Waals surface area contributed by atoms with Crippen LogP contribution in [0.25, 0.3) is 0 Å². The largest absolute Gasteiger partial charge is 0.389 e. The lowest BCUT2D eigenvalue weighted by Gasteiger charge is -2.31. The zero-order valence-electron chi connectivity index (χ0n) is 11.5. The van der Waals surface area contributed by atoms with Crippen molar-refractivity contribution in [2.24, 2.45) is 0 Å². The summed E-state index contributed by atoms with van der Waals surface area (Å²) >= 11 is 0. The molecule has 0 amide bonds. The highest BCUT2D eigenvalue weighted by molar-refractivity contribution is 7.91. The van der Waals surface area contributed by atoms with E-state index in [9.17, 15) is 13.5 Å². The van der Waals surface area contributed by atoms with Crippen LogP contribution in [-0.2, 0) is 14.6 Å². The van der Waals surface area contributed by atoms with Gasteiger partial charge >= 0.3 is 0 Å². The van der Waals surface area contributed by atoms with Crippen LogP contribution in [0.5, 0.6) is 0 Å². The van der Waals surface area contributed by atoms with E-state index in [-0.39, 0.29) is 17.6 Å². The number of hydrogen-bond acceptors (Lipinski definition) is 5. The van der Waals surface area contributed by atoms with Crippen molar-refractivity contribution in [1.29, 1.82) is 0 Å². The molecule has 2 fully saturated rings. The van der Waals surface area contributed by atoms with Gasteiger partial charge in [-0.1, -0.05) is 6.92 Å². The molecule has 0 aromatic heterocycles. The van der Waals surface area contributed by atoms with Crippen molar-refractivity contribution >= 4 is 9.84 Å². The number of nitrogens with one attached hydrogen (secondary N) is 1. The second-order valence-electron chi connectivity index (χ2n) is 5.75. The first kappa shape index (κ1) is 15.2. The Bertz CT molecular complexity index is 376. The smallest absolute Gasteiger partial charge is 0.155 e. The molecule has 19 heavy (non-hydrogen) atoms. The number of rotatable bonds is 5. The molecule has 1 saturated heterocycles. The zero-order chi connectivity index (χ0) is 13.9. The van der Waals surface area contributed by atoms with E-state index < -0.39 is 22.0 Å². The molecular formula is C13H25NO4S. The maximum absolute atomic E-state index is 11.4. The molecule has 1 aliphatic carbocycles. The second kappa shape index (κ2) is 6.52. The van der Waals surface area contributed by atoms with Gasteiger partial charge in [-0.3, -0.25) is 0 Å². The first-order valence-corrected chi connectivity index (χ1v) is 9.09. The van der Waals surface area contributed by atoms with E-state index in [4.69, 9.17) is 4.74 Å². The summed E-state index contributed by atoms with van der Waals surface area (Å²) in [7, 11) is -3.11. The Morgan fingerprint density at radius 3 is 2.42 bits per heavy atom. The number of aliphatic hydroxyl groups excluding tert-OH is 1. The molecule has 0 bridgehead atoms. The van der Waals surface area contributed by atoms with Crippen molar-refractivity contribution in [3.05, 3.63) is 0 Å². The third kappa shape index (κ3) is 4.41. The Kier molecular flexibility index (Phi) is 5.22. The summed E-state index contributed by atoms with van der Waals surface area (Å²) in [6.45, 7) is 3.21. The fourth-order valence-electron chi connectivity index (χ4n) is 2.93. The molecule has 2 N–H and O–H groups in total. The van der Waals surface area contributed by atoms with Gasteiger partial charge in [0.15, 0.2) is 9.84 Å². The summed E-state index contributed by atoms with van der Waals surface area (Å²) < 4.78 is 28.6. The minimum absolute atomic E-state index is 0.0256. The molecule has 112 valence electrons. The molecule has 2 aliphatic rings. The molecule has 0 spiro atoms. The van der Waals surface area contributed by atoms with Crippen molar-refractivity contribution in [3.63, 3.8) is 0 Å². The van der Waals surface area contributed by atoms with E-state index in [1.807, 2.05) is 0 Å². The first-order valence-electron chi connectivity index (χ1n) is 7.27. The van der Waals surface area contributed by atoms with E-state index in [0.29, 0.717) is 6.04 Å². The average Bonchev–Trinajstić information content (AvgIpc) is 2.61. The third-order valence-corrected chi connectivity index (χ3v) is 5.68. The quantitative estimate of drug-likeness (QED) is 0.770. The van der Waals surface area contributed by atoms with Gasteiger partial charge in [-0.2, -0.15) is 0 Å². The van der Waals surface area contributed by atoms with Gasteiger partial charge in [-0.05, 0) is 38.6 Å². The highest BCUT2D eigenvalue weighted by Gasteiger charge is 2.39. The van der Waals surface area contributed by atoms with Crippen molar-refractivity contribution in [3.8, 4) is 0 Å². The number of hydrogen-bond donors (Lipinski definition) is 2. The predicted octanol–water partition coefficient (Wildman–Crippen LogP) is 0.472. The van der Waals surface area contributed by atoms with E-state index in [1.165, 1.54) is 0 Å². The highest BCUT2D eigenvalue weighted by atomic mass is 32.2. The monoisotopic (exact) mass is 291 g/mol. The van der Waals surface area contributed by atoms with E-state index in [1.54, 1.807) is 0 Å². The Hall–Kier alpha value is -0.170. The van der Waals surface area contributed by atoms with Gasteiger partial charge in [0, 0.05) is 6.04 Å². The van der Waals surface area contributed by atoms with Crippen LogP contribution in [-0.4, -0.2) is 55.9 Å². The highest BCUT2D eigenvalue weighted by Crippen LogP contribution is 2.25. The lowest BCUT2D eigenvalue weighted by molar-refractivity contribution is -0.0668. The van der Waals surface area contributed by atoms with Crippen molar-refractivity contribution in [1.82, 2.24) is 5.32 Å². The van der Waals surface area contributed by atoms with E-state index in [0.717, 1.165) is 38.6 Å². The Labute approximate surface area is 115 Å². The van der Waals surface area contributed by atoms with Gasteiger partial charge in [0.25, 0.3) is 0 Å². The van der Waals surface area contributed by atoms with Crippen LogP contribution < -0.4 is 5.32 Å². The molecule has 1 saturated carbocycles. The predicted molar refractivity (Wildman–Crippen MR) is 73.9 cm³/mol. The van der Waals surface area contributed by atoms with Crippen LogP contribution in [0.1, 0.15) is 39.0 Å². The number of sulfone groups is 1. The molecule has 2 atom stereocenters. The fourth-order valence-corrected chi connectivity index (χ4v) is 4.60. The molecule has 2 unspecified atom stereocenters. The summed E-state index contributed by atoms with van der Waals surface area (Å²) in [5, 5.41) is 13.2. The minimum Gasteiger partial charge on any atom is -0.389 e. The topological polar surface area (TPSA) is 75.6 Å². The van der Waals surface area contributed by atoms with Crippen LogP contribution in [0.3, 0.4) is 0 Å². The van der Waals surface area contributed by atoms with Crippen molar-refractivity contribution in [2.75, 3.05) is 18.1 Å². The Morgan fingerprint density at radius 2 is 1.89 bits per heavy atom. The second-order valence-corrected chi connectivity index (χ2v) is 7.90. The van der Waals surface area contributed by atoms with Gasteiger partial charge in [0.05, 0.1) is 29.8 Å². The molecule has 0 aromatic carbocycles. The van der Waals surface area contributed by atoms with Gasteiger partial charge in [-0.25, -0.2) is 8.42 Å².